The number of H-pyrrole nitrogens is 1. The Balaban J connectivity index is 1.35. The number of methoxy groups -OCH3 is 1. The average molecular weight is 399 g/mol. The zero-order valence-corrected chi connectivity index (χ0v) is 18.1. The largest absolute Gasteiger partial charge is 0.385 e. The third kappa shape index (κ3) is 4.33. The molecule has 0 unspecified atom stereocenters. The number of amides is 1. The lowest BCUT2D eigenvalue weighted by atomic mass is 9.72. The van der Waals surface area contributed by atoms with Crippen LogP contribution in [0.1, 0.15) is 49.1 Å². The van der Waals surface area contributed by atoms with Crippen LogP contribution >= 0.6 is 0 Å². The number of likely N-dealkylation sites (tertiary alicyclic amines) is 2. The second kappa shape index (κ2) is 8.44. The highest BCUT2D eigenvalue weighted by molar-refractivity contribution is 5.79. The molecular weight excluding hydrogens is 364 g/mol. The van der Waals surface area contributed by atoms with Crippen LogP contribution in [0.2, 0.25) is 0 Å². The van der Waals surface area contributed by atoms with Crippen LogP contribution in [0.25, 0.3) is 11.0 Å². The first-order chi connectivity index (χ1) is 14.0. The van der Waals surface area contributed by atoms with E-state index in [0.29, 0.717) is 17.7 Å². The molecule has 4 rings (SSSR count). The van der Waals surface area contributed by atoms with Gasteiger partial charge in [-0.25, -0.2) is 4.98 Å². The van der Waals surface area contributed by atoms with Gasteiger partial charge in [-0.1, -0.05) is 6.07 Å². The zero-order valence-electron chi connectivity index (χ0n) is 18.1. The second-order valence-electron chi connectivity index (χ2n) is 9.02. The third-order valence-corrected chi connectivity index (χ3v) is 7.04. The maximum absolute atomic E-state index is 12.3. The molecule has 158 valence electrons. The number of aromatic amines is 1. The normalized spacial score (nSPS) is 20.1. The van der Waals surface area contributed by atoms with E-state index >= 15 is 0 Å². The van der Waals surface area contributed by atoms with Gasteiger partial charge in [0.05, 0.1) is 17.6 Å². The first-order valence-electron chi connectivity index (χ1n) is 10.9. The Hall–Kier alpha value is -1.92. The highest BCUT2D eigenvalue weighted by atomic mass is 16.5. The minimum atomic E-state index is 0.305. The number of hydrogen-bond acceptors (Lipinski definition) is 4. The maximum Gasteiger partial charge on any atom is 0.222 e. The molecule has 29 heavy (non-hydrogen) atoms. The van der Waals surface area contributed by atoms with E-state index in [1.807, 2.05) is 0 Å². The number of piperidine rings is 2. The summed E-state index contributed by atoms with van der Waals surface area (Å²) in [6.07, 6.45) is 5.01. The van der Waals surface area contributed by atoms with Crippen LogP contribution in [-0.4, -0.2) is 65.6 Å². The molecule has 2 aliphatic rings. The SMILES string of the molecule is COCCCN1CC2(CCC1=O)CCN(Cc1nc3c(C)c(C)ccc3[nH]1)CC2. The Labute approximate surface area is 173 Å². The minimum Gasteiger partial charge on any atom is -0.385 e. The van der Waals surface area contributed by atoms with Gasteiger partial charge in [-0.2, -0.15) is 0 Å². The molecule has 6 heteroatoms. The molecule has 2 aromatic rings. The van der Waals surface area contributed by atoms with Crippen molar-refractivity contribution in [2.75, 3.05) is 39.9 Å². The van der Waals surface area contributed by atoms with E-state index in [9.17, 15) is 4.79 Å². The summed E-state index contributed by atoms with van der Waals surface area (Å²) in [5.74, 6) is 1.38. The molecule has 2 fully saturated rings. The molecule has 0 atom stereocenters. The number of carbonyl (C=O) groups excluding carboxylic acids is 1. The van der Waals surface area contributed by atoms with Crippen molar-refractivity contribution in [1.82, 2.24) is 19.8 Å². The number of nitrogens with zero attached hydrogens (tertiary/aromatic N) is 3. The molecular formula is C23H34N4O2. The molecule has 0 radical (unpaired) electrons. The molecule has 1 spiro atoms. The fourth-order valence-corrected chi connectivity index (χ4v) is 4.95. The number of aryl methyl sites for hydroxylation is 2. The van der Waals surface area contributed by atoms with Crippen LogP contribution < -0.4 is 0 Å². The quantitative estimate of drug-likeness (QED) is 0.758. The van der Waals surface area contributed by atoms with E-state index in [1.165, 1.54) is 24.0 Å². The zero-order chi connectivity index (χ0) is 20.4. The summed E-state index contributed by atoms with van der Waals surface area (Å²) in [7, 11) is 1.72. The standard InChI is InChI=1S/C23H34N4O2/c1-17-5-6-19-22(18(17)2)25-20(24-19)15-26-12-9-23(10-13-26)8-7-21(28)27(16-23)11-4-14-29-3/h5-6H,4,7-16H2,1-3H3,(H,24,25). The Bertz CT molecular complexity index is 867. The van der Waals surface area contributed by atoms with Crippen molar-refractivity contribution in [1.29, 1.82) is 0 Å². The third-order valence-electron chi connectivity index (χ3n) is 7.04. The van der Waals surface area contributed by atoms with Crippen molar-refractivity contribution in [3.05, 3.63) is 29.1 Å². The highest BCUT2D eigenvalue weighted by Crippen LogP contribution is 2.40. The van der Waals surface area contributed by atoms with Crippen molar-refractivity contribution in [2.24, 2.45) is 5.41 Å². The van der Waals surface area contributed by atoms with Gasteiger partial charge >= 0.3 is 0 Å². The molecule has 1 aromatic carbocycles. The van der Waals surface area contributed by atoms with Gasteiger partial charge in [0.2, 0.25) is 5.91 Å². The van der Waals surface area contributed by atoms with E-state index in [4.69, 9.17) is 9.72 Å². The molecule has 2 aliphatic heterocycles. The molecule has 3 heterocycles. The lowest BCUT2D eigenvalue weighted by Gasteiger charge is -2.47. The summed E-state index contributed by atoms with van der Waals surface area (Å²) in [6, 6.07) is 4.30. The van der Waals surface area contributed by atoms with Crippen LogP contribution in [0.5, 0.6) is 0 Å². The van der Waals surface area contributed by atoms with Gasteiger partial charge in [0.15, 0.2) is 0 Å². The summed E-state index contributed by atoms with van der Waals surface area (Å²) in [4.78, 5) is 25.3. The van der Waals surface area contributed by atoms with Gasteiger partial charge in [0, 0.05) is 33.2 Å². The number of rotatable bonds is 6. The Morgan fingerprint density at radius 2 is 2.00 bits per heavy atom. The topological polar surface area (TPSA) is 61.5 Å². The maximum atomic E-state index is 12.3. The van der Waals surface area contributed by atoms with Crippen LogP contribution in [0.4, 0.5) is 0 Å². The van der Waals surface area contributed by atoms with Crippen LogP contribution in [0, 0.1) is 19.3 Å². The molecule has 0 saturated carbocycles. The van der Waals surface area contributed by atoms with Crippen molar-refractivity contribution >= 4 is 16.9 Å². The van der Waals surface area contributed by atoms with Crippen molar-refractivity contribution in [3.8, 4) is 0 Å². The van der Waals surface area contributed by atoms with Crippen molar-refractivity contribution in [3.63, 3.8) is 0 Å². The number of aromatic nitrogens is 2. The van der Waals surface area contributed by atoms with Crippen LogP contribution in [0.3, 0.4) is 0 Å². The smallest absolute Gasteiger partial charge is 0.222 e. The Kier molecular flexibility index (Phi) is 5.93. The minimum absolute atomic E-state index is 0.305. The number of imidazole rings is 1. The van der Waals surface area contributed by atoms with E-state index in [1.54, 1.807) is 7.11 Å². The monoisotopic (exact) mass is 398 g/mol. The summed E-state index contributed by atoms with van der Waals surface area (Å²) in [6.45, 7) is 9.80. The predicted octanol–water partition coefficient (Wildman–Crippen LogP) is 3.42. The predicted molar refractivity (Wildman–Crippen MR) is 115 cm³/mol. The number of benzene rings is 1. The molecule has 1 aromatic heterocycles. The first-order valence-corrected chi connectivity index (χ1v) is 10.9. The summed E-state index contributed by atoms with van der Waals surface area (Å²) < 4.78 is 5.16. The number of ether oxygens (including phenoxy) is 1. The average Bonchev–Trinajstić information content (AvgIpc) is 3.13. The molecule has 2 saturated heterocycles. The van der Waals surface area contributed by atoms with Crippen molar-refractivity contribution in [2.45, 2.75) is 52.5 Å². The van der Waals surface area contributed by atoms with Gasteiger partial charge in [0.25, 0.3) is 0 Å². The summed E-state index contributed by atoms with van der Waals surface area (Å²) >= 11 is 0. The highest BCUT2D eigenvalue weighted by Gasteiger charge is 2.40. The molecule has 1 amide bonds. The van der Waals surface area contributed by atoms with Crippen LogP contribution in [-0.2, 0) is 16.1 Å². The van der Waals surface area contributed by atoms with Crippen molar-refractivity contribution < 1.29 is 9.53 Å². The fraction of sp³-hybridized carbons (Fsp3) is 0.652. The second-order valence-corrected chi connectivity index (χ2v) is 9.02. The Morgan fingerprint density at radius 3 is 2.76 bits per heavy atom. The van der Waals surface area contributed by atoms with E-state index in [-0.39, 0.29) is 0 Å². The Morgan fingerprint density at radius 1 is 1.21 bits per heavy atom. The number of fused-ring (bicyclic) bond motifs is 1. The molecule has 0 aliphatic carbocycles. The fourth-order valence-electron chi connectivity index (χ4n) is 4.95. The van der Waals surface area contributed by atoms with Gasteiger partial charge in [-0.15, -0.1) is 0 Å². The molecule has 0 bridgehead atoms. The molecule has 1 N–H and O–H groups in total. The van der Waals surface area contributed by atoms with Gasteiger partial charge in [-0.3, -0.25) is 9.69 Å². The van der Waals surface area contributed by atoms with Gasteiger partial charge < -0.3 is 14.6 Å². The number of carbonyl (C=O) groups is 1. The van der Waals surface area contributed by atoms with E-state index in [0.717, 1.165) is 69.0 Å². The lowest BCUT2D eigenvalue weighted by molar-refractivity contribution is -0.139. The number of nitrogens with one attached hydrogen (secondary N) is 1. The van der Waals surface area contributed by atoms with E-state index in [2.05, 4.69) is 40.8 Å². The lowest BCUT2D eigenvalue weighted by Crippen LogP contribution is -2.51. The first kappa shape index (κ1) is 20.4. The summed E-state index contributed by atoms with van der Waals surface area (Å²) in [5, 5.41) is 0. The van der Waals surface area contributed by atoms with Gasteiger partial charge in [0.1, 0.15) is 5.82 Å². The molecule has 6 nitrogen and oxygen atoms in total. The number of hydrogen-bond donors (Lipinski definition) is 1. The van der Waals surface area contributed by atoms with Crippen LogP contribution in [0.15, 0.2) is 12.1 Å². The van der Waals surface area contributed by atoms with Gasteiger partial charge in [-0.05, 0) is 75.2 Å². The van der Waals surface area contributed by atoms with E-state index < -0.39 is 0 Å². The summed E-state index contributed by atoms with van der Waals surface area (Å²) in [5.41, 5.74) is 5.10.